The first kappa shape index (κ1) is 27.3. The number of halogens is 6. The van der Waals surface area contributed by atoms with Crippen LogP contribution in [-0.2, 0) is 24.7 Å². The van der Waals surface area contributed by atoms with Gasteiger partial charge in [-0.15, -0.1) is 0 Å². The van der Waals surface area contributed by atoms with Crippen LogP contribution < -0.4 is 0 Å². The number of alkyl halides is 6. The normalized spacial score (nSPS) is 15.5. The predicted molar refractivity (Wildman–Crippen MR) is 110 cm³/mol. The molecule has 204 valence electrons. The van der Waals surface area contributed by atoms with Crippen LogP contribution in [0.1, 0.15) is 66.4 Å². The number of fused-ring (bicyclic) bond motifs is 2. The smallest absolute Gasteiger partial charge is 0.330 e. The highest BCUT2D eigenvalue weighted by Crippen LogP contribution is 2.57. The van der Waals surface area contributed by atoms with Crippen LogP contribution in [0, 0.1) is 0 Å². The first-order chi connectivity index (χ1) is 17.9. The molecular formula is C23H12F6N2O8. The highest BCUT2D eigenvalue weighted by molar-refractivity contribution is 6.21. The topological polar surface area (TPSA) is 127 Å². The van der Waals surface area contributed by atoms with Crippen LogP contribution in [0.15, 0.2) is 36.4 Å². The number of amides is 4. The van der Waals surface area contributed by atoms with E-state index in [0.29, 0.717) is 24.3 Å². The van der Waals surface area contributed by atoms with Crippen molar-refractivity contribution in [1.82, 2.24) is 10.1 Å². The third-order valence-electron chi connectivity index (χ3n) is 5.85. The zero-order valence-corrected chi connectivity index (χ0v) is 19.4. The zero-order chi connectivity index (χ0) is 29.2. The molecule has 2 heterocycles. The molecule has 0 aromatic heterocycles. The second kappa shape index (κ2) is 8.64. The van der Waals surface area contributed by atoms with Crippen LogP contribution in [0.5, 0.6) is 0 Å². The Labute approximate surface area is 212 Å². The maximum atomic E-state index is 14.6. The van der Waals surface area contributed by atoms with Gasteiger partial charge in [-0.3, -0.25) is 19.2 Å². The number of carbonyl (C=O) groups excluding carboxylic acids is 6. The highest BCUT2D eigenvalue weighted by atomic mass is 19.4. The summed E-state index contributed by atoms with van der Waals surface area (Å²) in [5.41, 5.74) is -11.1. The standard InChI is InChI=1S/C23H12F6N2O8/c1-9(32)38-30-17(34)13-5-3-11(7-15(13)19(30)36)21(22(24,25)26,23(27,28)29)12-4-6-14-16(8-12)20(37)31(18(14)35)39-10(2)33/h3-8H,1-2H3. The molecule has 0 bridgehead atoms. The molecule has 0 unspecified atom stereocenters. The second-order valence-corrected chi connectivity index (χ2v) is 8.24. The number of carbonyl (C=O) groups is 6. The Bertz CT molecular complexity index is 1380. The Hall–Kier alpha value is -4.76. The first-order valence-corrected chi connectivity index (χ1v) is 10.5. The van der Waals surface area contributed by atoms with Crippen molar-refractivity contribution in [2.45, 2.75) is 31.6 Å². The molecule has 10 nitrogen and oxygen atoms in total. The van der Waals surface area contributed by atoms with Gasteiger partial charge in [-0.05, 0) is 35.4 Å². The van der Waals surface area contributed by atoms with Crippen LogP contribution in [-0.4, -0.2) is 58.0 Å². The highest BCUT2D eigenvalue weighted by Gasteiger charge is 2.73. The minimum atomic E-state index is -6.17. The van der Waals surface area contributed by atoms with Gasteiger partial charge in [0.1, 0.15) is 0 Å². The molecule has 2 aliphatic heterocycles. The number of rotatable bonds is 4. The van der Waals surface area contributed by atoms with Crippen molar-refractivity contribution in [2.75, 3.05) is 0 Å². The summed E-state index contributed by atoms with van der Waals surface area (Å²) in [6.07, 6.45) is -12.3. The van der Waals surface area contributed by atoms with Gasteiger partial charge >= 0.3 is 24.3 Å². The molecule has 2 aromatic carbocycles. The van der Waals surface area contributed by atoms with Crippen LogP contribution >= 0.6 is 0 Å². The monoisotopic (exact) mass is 558 g/mol. The number of hydroxylamine groups is 4. The molecule has 4 rings (SSSR count). The van der Waals surface area contributed by atoms with E-state index in [1.807, 2.05) is 0 Å². The van der Waals surface area contributed by atoms with Gasteiger partial charge in [-0.1, -0.05) is 22.3 Å². The summed E-state index contributed by atoms with van der Waals surface area (Å²) in [6.45, 7) is 1.60. The maximum Gasteiger partial charge on any atom is 0.411 e. The van der Waals surface area contributed by atoms with E-state index in [0.717, 1.165) is 13.8 Å². The summed E-state index contributed by atoms with van der Waals surface area (Å²) in [4.78, 5) is 81.0. The van der Waals surface area contributed by atoms with E-state index in [4.69, 9.17) is 0 Å². The van der Waals surface area contributed by atoms with E-state index in [1.165, 1.54) is 0 Å². The van der Waals surface area contributed by atoms with Gasteiger partial charge < -0.3 is 9.68 Å². The van der Waals surface area contributed by atoms with Gasteiger partial charge in [-0.2, -0.15) is 26.3 Å². The Kier molecular flexibility index (Phi) is 6.04. The summed E-state index contributed by atoms with van der Waals surface area (Å²) >= 11 is 0. The van der Waals surface area contributed by atoms with Crippen molar-refractivity contribution in [3.05, 3.63) is 69.8 Å². The number of hydrogen-bond acceptors (Lipinski definition) is 8. The number of imide groups is 2. The molecule has 0 fully saturated rings. The number of nitrogens with zero attached hydrogens (tertiary/aromatic N) is 2. The van der Waals surface area contributed by atoms with Gasteiger partial charge in [0.2, 0.25) is 5.41 Å². The maximum absolute atomic E-state index is 14.6. The summed E-state index contributed by atoms with van der Waals surface area (Å²) in [7, 11) is 0. The van der Waals surface area contributed by atoms with E-state index in [-0.39, 0.29) is 22.3 Å². The third kappa shape index (κ3) is 3.90. The van der Waals surface area contributed by atoms with Crippen molar-refractivity contribution in [3.8, 4) is 0 Å². The first-order valence-electron chi connectivity index (χ1n) is 10.5. The summed E-state index contributed by atoms with van der Waals surface area (Å²) < 4.78 is 87.6. The third-order valence-corrected chi connectivity index (χ3v) is 5.85. The Balaban J connectivity index is 1.96. The minimum Gasteiger partial charge on any atom is -0.330 e. The van der Waals surface area contributed by atoms with Gasteiger partial charge in [0.15, 0.2) is 0 Å². The van der Waals surface area contributed by atoms with Crippen LogP contribution in [0.25, 0.3) is 0 Å². The molecule has 0 atom stereocenters. The van der Waals surface area contributed by atoms with Gasteiger partial charge in [0.25, 0.3) is 23.6 Å². The lowest BCUT2D eigenvalue weighted by Gasteiger charge is -2.38. The summed E-state index contributed by atoms with van der Waals surface area (Å²) in [5, 5.41) is -0.216. The lowest BCUT2D eigenvalue weighted by Crippen LogP contribution is -2.55. The Morgan fingerprint density at radius 1 is 0.590 bits per heavy atom. The fourth-order valence-electron chi connectivity index (χ4n) is 4.31. The largest absolute Gasteiger partial charge is 0.411 e. The Morgan fingerprint density at radius 3 is 1.18 bits per heavy atom. The van der Waals surface area contributed by atoms with Crippen LogP contribution in [0.3, 0.4) is 0 Å². The molecule has 0 aliphatic carbocycles. The van der Waals surface area contributed by atoms with E-state index in [9.17, 15) is 55.1 Å². The second-order valence-electron chi connectivity index (χ2n) is 8.24. The van der Waals surface area contributed by atoms with Gasteiger partial charge in [0, 0.05) is 13.8 Å². The predicted octanol–water partition coefficient (Wildman–Crippen LogP) is 3.25. The molecule has 2 aliphatic rings. The van der Waals surface area contributed by atoms with Crippen LogP contribution in [0.2, 0.25) is 0 Å². The zero-order valence-electron chi connectivity index (χ0n) is 19.4. The average Bonchev–Trinajstić information content (AvgIpc) is 3.17. The molecule has 0 spiro atoms. The van der Waals surface area contributed by atoms with Crippen molar-refractivity contribution in [1.29, 1.82) is 0 Å². The lowest BCUT2D eigenvalue weighted by molar-refractivity contribution is -0.288. The molecule has 0 radical (unpaired) electrons. The van der Waals surface area contributed by atoms with E-state index in [1.54, 1.807) is 0 Å². The van der Waals surface area contributed by atoms with Crippen molar-refractivity contribution in [3.63, 3.8) is 0 Å². The molecule has 4 amide bonds. The summed E-state index contributed by atoms with van der Waals surface area (Å²) in [5.74, 6) is -7.90. The Morgan fingerprint density at radius 2 is 0.897 bits per heavy atom. The van der Waals surface area contributed by atoms with Gasteiger partial charge in [-0.25, -0.2) is 9.59 Å². The molecular weight excluding hydrogens is 546 g/mol. The average molecular weight is 558 g/mol. The fourth-order valence-corrected chi connectivity index (χ4v) is 4.31. The molecule has 16 heteroatoms. The molecule has 0 saturated heterocycles. The molecule has 0 saturated carbocycles. The van der Waals surface area contributed by atoms with Crippen molar-refractivity contribution in [2.24, 2.45) is 0 Å². The van der Waals surface area contributed by atoms with E-state index < -0.39 is 86.7 Å². The SMILES string of the molecule is CC(=O)ON1C(=O)c2ccc(C(c3ccc4c(c3)C(=O)N(OC(C)=O)C4=O)(C(F)(F)F)C(F)(F)F)cc2C1=O. The minimum absolute atomic E-state index is 0.108. The van der Waals surface area contributed by atoms with E-state index in [2.05, 4.69) is 9.68 Å². The molecule has 0 N–H and O–H groups in total. The lowest BCUT2D eigenvalue weighted by atomic mass is 9.71. The quantitative estimate of drug-likeness (QED) is 0.414. The fraction of sp³-hybridized carbons (Fsp3) is 0.217. The van der Waals surface area contributed by atoms with Crippen molar-refractivity contribution < 1.29 is 64.8 Å². The van der Waals surface area contributed by atoms with Crippen LogP contribution in [0.4, 0.5) is 26.3 Å². The van der Waals surface area contributed by atoms with E-state index >= 15 is 0 Å². The summed E-state index contributed by atoms with van der Waals surface area (Å²) in [6, 6.07) is 2.06. The molecule has 39 heavy (non-hydrogen) atoms. The number of hydrogen-bond donors (Lipinski definition) is 0. The number of benzene rings is 2. The van der Waals surface area contributed by atoms with Crippen molar-refractivity contribution >= 4 is 35.6 Å². The molecule has 2 aromatic rings. The van der Waals surface area contributed by atoms with Gasteiger partial charge in [0.05, 0.1) is 22.3 Å².